The van der Waals surface area contributed by atoms with E-state index in [0.717, 1.165) is 63.2 Å². The number of anilines is 1. The van der Waals surface area contributed by atoms with Gasteiger partial charge in [0.05, 0.1) is 14.2 Å². The van der Waals surface area contributed by atoms with Gasteiger partial charge in [0.15, 0.2) is 11.5 Å². The molecule has 46 heavy (non-hydrogen) atoms. The lowest BCUT2D eigenvalue weighted by molar-refractivity contribution is 0.102. The number of aromatic amines is 1. The molecule has 0 saturated heterocycles. The lowest BCUT2D eigenvalue weighted by Crippen LogP contribution is -2.52. The van der Waals surface area contributed by atoms with Gasteiger partial charge in [-0.3, -0.25) is 19.3 Å². The Hall–Kier alpha value is -4.89. The molecule has 0 radical (unpaired) electrons. The van der Waals surface area contributed by atoms with Gasteiger partial charge >= 0.3 is 0 Å². The summed E-state index contributed by atoms with van der Waals surface area (Å²) in [5.74, 6) is 1.27. The molecule has 1 amide bonds. The molecule has 3 aromatic carbocycles. The SMILES string of the molecule is CCCC/C=c1/c(=O)[nH]/c(=C\c2cccc(C(=O)Nc3ccc(CCN4CCc5cc(OC)c(OC)cc5C4)cc3)c2)c(=O)n1C. The number of rotatable bonds is 11. The summed E-state index contributed by atoms with van der Waals surface area (Å²) in [6.45, 7) is 4.86. The van der Waals surface area contributed by atoms with E-state index in [1.807, 2.05) is 24.3 Å². The van der Waals surface area contributed by atoms with Crippen molar-refractivity contribution >= 4 is 23.7 Å². The van der Waals surface area contributed by atoms with E-state index in [0.29, 0.717) is 22.2 Å². The average molecular weight is 623 g/mol. The van der Waals surface area contributed by atoms with E-state index in [4.69, 9.17) is 9.47 Å². The van der Waals surface area contributed by atoms with Crippen LogP contribution in [0.4, 0.5) is 5.69 Å². The Labute approximate surface area is 268 Å². The molecule has 0 saturated carbocycles. The highest BCUT2D eigenvalue weighted by atomic mass is 16.5. The van der Waals surface area contributed by atoms with E-state index in [9.17, 15) is 14.4 Å². The molecule has 0 aliphatic carbocycles. The van der Waals surface area contributed by atoms with Crippen LogP contribution in [0.25, 0.3) is 12.2 Å². The van der Waals surface area contributed by atoms with Crippen molar-refractivity contribution in [1.29, 1.82) is 0 Å². The molecule has 0 spiro atoms. The highest BCUT2D eigenvalue weighted by Crippen LogP contribution is 2.33. The number of nitrogens with zero attached hydrogens (tertiary/aromatic N) is 2. The van der Waals surface area contributed by atoms with Crippen LogP contribution < -0.4 is 36.6 Å². The third-order valence-electron chi connectivity index (χ3n) is 8.46. The third kappa shape index (κ3) is 7.66. The van der Waals surface area contributed by atoms with Crippen molar-refractivity contribution < 1.29 is 14.3 Å². The van der Waals surface area contributed by atoms with Crippen LogP contribution in [0.3, 0.4) is 0 Å². The second-order valence-electron chi connectivity index (χ2n) is 11.6. The van der Waals surface area contributed by atoms with E-state index < -0.39 is 0 Å². The molecule has 0 unspecified atom stereocenters. The van der Waals surface area contributed by atoms with Crippen LogP contribution in [-0.2, 0) is 26.4 Å². The summed E-state index contributed by atoms with van der Waals surface area (Å²) < 4.78 is 12.3. The van der Waals surface area contributed by atoms with Crippen LogP contribution in [0.1, 0.15) is 58.8 Å². The summed E-state index contributed by atoms with van der Waals surface area (Å²) in [5.41, 5.74) is 4.93. The molecule has 5 rings (SSSR count). The van der Waals surface area contributed by atoms with Crippen LogP contribution >= 0.6 is 0 Å². The summed E-state index contributed by atoms with van der Waals surface area (Å²) in [4.78, 5) is 43.9. The Morgan fingerprint density at radius 2 is 1.74 bits per heavy atom. The minimum atomic E-state index is -0.315. The molecule has 2 heterocycles. The highest BCUT2D eigenvalue weighted by molar-refractivity contribution is 6.04. The lowest BCUT2D eigenvalue weighted by Gasteiger charge is -2.29. The fraction of sp³-hybridized carbons (Fsp3) is 0.324. The van der Waals surface area contributed by atoms with Gasteiger partial charge in [-0.25, -0.2) is 0 Å². The van der Waals surface area contributed by atoms with Crippen LogP contribution in [0.5, 0.6) is 11.5 Å². The van der Waals surface area contributed by atoms with Crippen molar-refractivity contribution in [2.75, 3.05) is 32.6 Å². The van der Waals surface area contributed by atoms with Crippen LogP contribution in [0, 0.1) is 0 Å². The number of amides is 1. The molecule has 9 heteroatoms. The number of benzene rings is 3. The molecule has 0 bridgehead atoms. The van der Waals surface area contributed by atoms with Gasteiger partial charge in [0.25, 0.3) is 17.0 Å². The number of carbonyl (C=O) groups is 1. The van der Waals surface area contributed by atoms with E-state index in [1.54, 1.807) is 57.7 Å². The Kier molecular flexibility index (Phi) is 10.5. The first-order valence-electron chi connectivity index (χ1n) is 15.8. The van der Waals surface area contributed by atoms with Crippen molar-refractivity contribution in [3.05, 3.63) is 120 Å². The number of unbranched alkanes of at least 4 members (excludes halogenated alkanes) is 2. The predicted molar refractivity (Wildman–Crippen MR) is 182 cm³/mol. The Morgan fingerprint density at radius 1 is 1.00 bits per heavy atom. The highest BCUT2D eigenvalue weighted by Gasteiger charge is 2.19. The molecular weight excluding hydrogens is 580 g/mol. The quantitative estimate of drug-likeness (QED) is 0.247. The van der Waals surface area contributed by atoms with Gasteiger partial charge in [-0.15, -0.1) is 0 Å². The van der Waals surface area contributed by atoms with Crippen molar-refractivity contribution in [3.63, 3.8) is 0 Å². The number of aromatic nitrogens is 2. The number of H-pyrrole nitrogens is 1. The summed E-state index contributed by atoms with van der Waals surface area (Å²) in [6, 6.07) is 19.1. The minimum Gasteiger partial charge on any atom is -0.493 e. The van der Waals surface area contributed by atoms with Crippen LogP contribution in [0.2, 0.25) is 0 Å². The number of hydrogen-bond donors (Lipinski definition) is 2. The monoisotopic (exact) mass is 622 g/mol. The van der Waals surface area contributed by atoms with Crippen molar-refractivity contribution in [2.24, 2.45) is 7.05 Å². The number of carbonyl (C=O) groups excluding carboxylic acids is 1. The van der Waals surface area contributed by atoms with E-state index in [1.165, 1.54) is 21.3 Å². The number of fused-ring (bicyclic) bond motifs is 1. The molecule has 1 aliphatic heterocycles. The van der Waals surface area contributed by atoms with Gasteiger partial charge in [-0.05, 0) is 90.4 Å². The van der Waals surface area contributed by atoms with Gasteiger partial charge in [-0.2, -0.15) is 0 Å². The molecule has 1 aliphatic rings. The molecule has 0 atom stereocenters. The van der Waals surface area contributed by atoms with E-state index >= 15 is 0 Å². The zero-order valence-corrected chi connectivity index (χ0v) is 27.0. The van der Waals surface area contributed by atoms with Gasteiger partial charge < -0.3 is 24.3 Å². The molecule has 4 aromatic rings. The predicted octanol–water partition coefficient (Wildman–Crippen LogP) is 3.74. The lowest BCUT2D eigenvalue weighted by atomic mass is 9.98. The first-order chi connectivity index (χ1) is 22.3. The smallest absolute Gasteiger partial charge is 0.274 e. The topological polar surface area (TPSA) is 106 Å². The van der Waals surface area contributed by atoms with Crippen LogP contribution in [-0.4, -0.2) is 47.7 Å². The van der Waals surface area contributed by atoms with Gasteiger partial charge in [0.2, 0.25) is 0 Å². The Balaban J connectivity index is 1.21. The normalized spacial score (nSPS) is 13.8. The fourth-order valence-corrected chi connectivity index (χ4v) is 5.77. The molecule has 2 N–H and O–H groups in total. The zero-order chi connectivity index (χ0) is 32.6. The summed E-state index contributed by atoms with van der Waals surface area (Å²) in [7, 11) is 4.93. The van der Waals surface area contributed by atoms with Crippen LogP contribution in [0.15, 0.2) is 70.3 Å². The van der Waals surface area contributed by atoms with Gasteiger partial charge in [0.1, 0.15) is 10.7 Å². The van der Waals surface area contributed by atoms with E-state index in [2.05, 4.69) is 34.3 Å². The molecule has 1 aromatic heterocycles. The number of ether oxygens (including phenoxy) is 2. The van der Waals surface area contributed by atoms with Crippen molar-refractivity contribution in [3.8, 4) is 11.5 Å². The Morgan fingerprint density at radius 3 is 2.46 bits per heavy atom. The summed E-state index contributed by atoms with van der Waals surface area (Å²) in [5, 5.41) is 3.49. The standard InChI is InChI=1S/C37H42N4O5/c1-5-6-7-11-32-36(43)39-31(37(44)40(32)2)21-26-9-8-10-28(20-26)35(42)38-30-14-12-25(13-15-30)16-18-41-19-17-27-22-33(45-3)34(46-4)23-29(27)24-41/h8-15,20-23H,5-7,16-19,24H2,1-4H3,(H,38,42)(H,39,43)/b31-21-,32-11-. The molecule has 0 fully saturated rings. The average Bonchev–Trinajstić information content (AvgIpc) is 3.07. The summed E-state index contributed by atoms with van der Waals surface area (Å²) >= 11 is 0. The minimum absolute atomic E-state index is 0.169. The second-order valence-corrected chi connectivity index (χ2v) is 11.6. The van der Waals surface area contributed by atoms with Gasteiger partial charge in [0, 0.05) is 37.9 Å². The number of hydrogen-bond acceptors (Lipinski definition) is 6. The fourth-order valence-electron chi connectivity index (χ4n) is 5.77. The number of nitrogens with one attached hydrogen (secondary N) is 2. The first kappa shape index (κ1) is 32.5. The molecule has 9 nitrogen and oxygen atoms in total. The van der Waals surface area contributed by atoms with Gasteiger partial charge in [-0.1, -0.05) is 43.7 Å². The number of methoxy groups -OCH3 is 2. The maximum atomic E-state index is 13.1. The largest absolute Gasteiger partial charge is 0.493 e. The van der Waals surface area contributed by atoms with Crippen molar-refractivity contribution in [2.45, 2.75) is 45.6 Å². The maximum Gasteiger partial charge on any atom is 0.274 e. The molecule has 240 valence electrons. The van der Waals surface area contributed by atoms with E-state index in [-0.39, 0.29) is 22.4 Å². The molecular formula is C37H42N4O5. The maximum absolute atomic E-state index is 13.1. The third-order valence-corrected chi connectivity index (χ3v) is 8.46. The second kappa shape index (κ2) is 14.9. The zero-order valence-electron chi connectivity index (χ0n) is 27.0. The van der Waals surface area contributed by atoms with Crippen molar-refractivity contribution in [1.82, 2.24) is 14.5 Å². The Bertz CT molecular complexity index is 1940. The summed E-state index contributed by atoms with van der Waals surface area (Å²) in [6.07, 6.45) is 7.95. The first-order valence-corrected chi connectivity index (χ1v) is 15.8.